The molecular weight excluding hydrogens is 196 g/mol. The molecular formula is C14H26N2. The molecule has 2 heteroatoms. The zero-order valence-electron chi connectivity index (χ0n) is 10.6. The smallest absolute Gasteiger partial charge is 0.0362 e. The van der Waals surface area contributed by atoms with Crippen molar-refractivity contribution in [3.63, 3.8) is 0 Å². The molecule has 0 radical (unpaired) electrons. The summed E-state index contributed by atoms with van der Waals surface area (Å²) in [6.07, 6.45) is 8.72. The molecule has 2 bridgehead atoms. The van der Waals surface area contributed by atoms with Crippen molar-refractivity contribution < 1.29 is 0 Å². The molecule has 3 rings (SSSR count). The number of hydrogen-bond donors (Lipinski definition) is 1. The van der Waals surface area contributed by atoms with Gasteiger partial charge in [0.05, 0.1) is 0 Å². The highest BCUT2D eigenvalue weighted by Gasteiger charge is 2.53. The van der Waals surface area contributed by atoms with Crippen LogP contribution in [0, 0.1) is 17.8 Å². The van der Waals surface area contributed by atoms with Gasteiger partial charge in [0.1, 0.15) is 0 Å². The lowest BCUT2D eigenvalue weighted by molar-refractivity contribution is 0.0420. The van der Waals surface area contributed by atoms with Gasteiger partial charge in [-0.25, -0.2) is 0 Å². The maximum Gasteiger partial charge on any atom is 0.0362 e. The van der Waals surface area contributed by atoms with E-state index in [9.17, 15) is 0 Å². The summed E-state index contributed by atoms with van der Waals surface area (Å²) in [7, 11) is 0. The molecule has 3 aliphatic rings. The van der Waals surface area contributed by atoms with E-state index in [4.69, 9.17) is 5.73 Å². The van der Waals surface area contributed by atoms with Crippen molar-refractivity contribution in [1.29, 1.82) is 0 Å². The molecule has 3 fully saturated rings. The lowest BCUT2D eigenvalue weighted by Crippen LogP contribution is -2.57. The van der Waals surface area contributed by atoms with E-state index in [0.29, 0.717) is 5.54 Å². The van der Waals surface area contributed by atoms with Gasteiger partial charge in [-0.2, -0.15) is 0 Å². The lowest BCUT2D eigenvalue weighted by Gasteiger charge is -2.46. The summed E-state index contributed by atoms with van der Waals surface area (Å²) in [5.74, 6) is 2.92. The van der Waals surface area contributed by atoms with Crippen LogP contribution in [0.4, 0.5) is 0 Å². The van der Waals surface area contributed by atoms with Crippen LogP contribution in [-0.2, 0) is 0 Å². The van der Waals surface area contributed by atoms with Crippen molar-refractivity contribution in [2.45, 2.75) is 51.0 Å². The third-order valence-electron chi connectivity index (χ3n) is 5.48. The van der Waals surface area contributed by atoms with E-state index in [0.717, 1.165) is 24.3 Å². The van der Waals surface area contributed by atoms with Gasteiger partial charge in [0.15, 0.2) is 0 Å². The fourth-order valence-electron chi connectivity index (χ4n) is 4.42. The van der Waals surface area contributed by atoms with Crippen molar-refractivity contribution in [1.82, 2.24) is 4.90 Å². The SMILES string of the molecule is CCN(CC1CC1)C1(CN)CC2CCC1C2. The molecule has 0 aromatic heterocycles. The number of nitrogens with two attached hydrogens (primary N) is 1. The molecule has 3 aliphatic carbocycles. The Labute approximate surface area is 99.6 Å². The number of nitrogens with zero attached hydrogens (tertiary/aromatic N) is 1. The zero-order chi connectivity index (χ0) is 11.2. The summed E-state index contributed by atoms with van der Waals surface area (Å²) < 4.78 is 0. The van der Waals surface area contributed by atoms with Crippen LogP contribution in [0.2, 0.25) is 0 Å². The quantitative estimate of drug-likeness (QED) is 0.773. The summed E-state index contributed by atoms with van der Waals surface area (Å²) in [4.78, 5) is 2.76. The maximum atomic E-state index is 6.19. The Morgan fingerprint density at radius 1 is 1.25 bits per heavy atom. The number of likely N-dealkylation sites (N-methyl/N-ethyl adjacent to an activating group) is 1. The molecule has 2 nitrogen and oxygen atoms in total. The first-order valence-electron chi connectivity index (χ1n) is 7.23. The average molecular weight is 222 g/mol. The molecule has 0 aliphatic heterocycles. The van der Waals surface area contributed by atoms with Gasteiger partial charge in [-0.3, -0.25) is 4.90 Å². The number of fused-ring (bicyclic) bond motifs is 2. The Morgan fingerprint density at radius 3 is 2.50 bits per heavy atom. The third-order valence-corrected chi connectivity index (χ3v) is 5.48. The van der Waals surface area contributed by atoms with Gasteiger partial charge in [0.2, 0.25) is 0 Å². The van der Waals surface area contributed by atoms with Gasteiger partial charge in [0.25, 0.3) is 0 Å². The second-order valence-corrected chi connectivity index (χ2v) is 6.37. The van der Waals surface area contributed by atoms with Crippen LogP contribution in [0.5, 0.6) is 0 Å². The second-order valence-electron chi connectivity index (χ2n) is 6.37. The minimum Gasteiger partial charge on any atom is -0.329 e. The van der Waals surface area contributed by atoms with E-state index in [2.05, 4.69) is 11.8 Å². The minimum atomic E-state index is 0.403. The fourth-order valence-corrected chi connectivity index (χ4v) is 4.42. The highest BCUT2D eigenvalue weighted by atomic mass is 15.2. The Bertz CT molecular complexity index is 261. The molecule has 0 amide bonds. The molecule has 0 saturated heterocycles. The topological polar surface area (TPSA) is 29.3 Å². The summed E-state index contributed by atoms with van der Waals surface area (Å²) >= 11 is 0. The standard InChI is InChI=1S/C14H26N2/c1-2-16(9-11-3-4-11)14(10-15)8-12-5-6-13(14)7-12/h11-13H,2-10,15H2,1H3. The first kappa shape index (κ1) is 11.0. The van der Waals surface area contributed by atoms with E-state index in [1.54, 1.807) is 0 Å². The molecule has 92 valence electrons. The van der Waals surface area contributed by atoms with Crippen molar-refractivity contribution in [2.24, 2.45) is 23.5 Å². The molecule has 16 heavy (non-hydrogen) atoms. The Balaban J connectivity index is 1.76. The van der Waals surface area contributed by atoms with Crippen LogP contribution in [0.25, 0.3) is 0 Å². The van der Waals surface area contributed by atoms with Gasteiger partial charge in [-0.05, 0) is 56.4 Å². The first-order valence-corrected chi connectivity index (χ1v) is 7.23. The maximum absolute atomic E-state index is 6.19. The highest BCUT2D eigenvalue weighted by molar-refractivity contribution is 5.08. The summed E-state index contributed by atoms with van der Waals surface area (Å²) in [5, 5.41) is 0. The van der Waals surface area contributed by atoms with Gasteiger partial charge >= 0.3 is 0 Å². The van der Waals surface area contributed by atoms with E-state index < -0.39 is 0 Å². The van der Waals surface area contributed by atoms with Gasteiger partial charge in [-0.15, -0.1) is 0 Å². The Kier molecular flexibility index (Phi) is 2.75. The minimum absolute atomic E-state index is 0.403. The second kappa shape index (κ2) is 3.99. The Morgan fingerprint density at radius 2 is 2.06 bits per heavy atom. The first-order chi connectivity index (χ1) is 7.78. The Hall–Kier alpha value is -0.0800. The zero-order valence-corrected chi connectivity index (χ0v) is 10.6. The molecule has 0 heterocycles. The van der Waals surface area contributed by atoms with Gasteiger partial charge in [0, 0.05) is 18.6 Å². The molecule has 0 aromatic carbocycles. The predicted molar refractivity (Wildman–Crippen MR) is 67.2 cm³/mol. The normalized spacial score (nSPS) is 42.2. The van der Waals surface area contributed by atoms with Gasteiger partial charge in [-0.1, -0.05) is 13.3 Å². The molecule has 3 unspecified atom stereocenters. The van der Waals surface area contributed by atoms with Gasteiger partial charge < -0.3 is 5.73 Å². The van der Waals surface area contributed by atoms with Crippen LogP contribution >= 0.6 is 0 Å². The van der Waals surface area contributed by atoms with E-state index >= 15 is 0 Å². The van der Waals surface area contributed by atoms with Crippen LogP contribution in [-0.4, -0.2) is 30.1 Å². The van der Waals surface area contributed by atoms with Crippen LogP contribution in [0.3, 0.4) is 0 Å². The van der Waals surface area contributed by atoms with Crippen molar-refractivity contribution in [2.75, 3.05) is 19.6 Å². The van der Waals surface area contributed by atoms with Crippen molar-refractivity contribution >= 4 is 0 Å². The van der Waals surface area contributed by atoms with Crippen LogP contribution in [0.15, 0.2) is 0 Å². The van der Waals surface area contributed by atoms with E-state index in [1.807, 2.05) is 0 Å². The average Bonchev–Trinajstić information content (AvgIpc) is 2.91. The molecule has 0 spiro atoms. The fraction of sp³-hybridized carbons (Fsp3) is 1.00. The number of rotatable bonds is 5. The van der Waals surface area contributed by atoms with Crippen LogP contribution < -0.4 is 5.73 Å². The third kappa shape index (κ3) is 1.62. The molecule has 3 atom stereocenters. The van der Waals surface area contributed by atoms with Crippen LogP contribution in [0.1, 0.15) is 45.4 Å². The van der Waals surface area contributed by atoms with Crippen molar-refractivity contribution in [3.8, 4) is 0 Å². The highest BCUT2D eigenvalue weighted by Crippen LogP contribution is 2.53. The monoisotopic (exact) mass is 222 g/mol. The largest absolute Gasteiger partial charge is 0.329 e. The summed E-state index contributed by atoms with van der Waals surface area (Å²) in [5.41, 5.74) is 6.59. The summed E-state index contributed by atoms with van der Waals surface area (Å²) in [6.45, 7) is 5.76. The van der Waals surface area contributed by atoms with E-state index in [-0.39, 0.29) is 0 Å². The molecule has 2 N–H and O–H groups in total. The van der Waals surface area contributed by atoms with Crippen molar-refractivity contribution in [3.05, 3.63) is 0 Å². The van der Waals surface area contributed by atoms with E-state index in [1.165, 1.54) is 51.6 Å². The summed E-state index contributed by atoms with van der Waals surface area (Å²) in [6, 6.07) is 0. The molecule has 0 aromatic rings. The lowest BCUT2D eigenvalue weighted by atomic mass is 9.79. The predicted octanol–water partition coefficient (Wildman–Crippen LogP) is 2.24. The molecule has 3 saturated carbocycles. The number of hydrogen-bond acceptors (Lipinski definition) is 2.